The number of nitrogens with one attached hydrogen (secondary N) is 1. The van der Waals surface area contributed by atoms with Crippen molar-refractivity contribution in [1.29, 1.82) is 0 Å². The molecule has 1 heterocycles. The second-order valence-electron chi connectivity index (χ2n) is 4.39. The normalized spacial score (nSPS) is 12.4. The van der Waals surface area contributed by atoms with Gasteiger partial charge in [-0.15, -0.1) is 0 Å². The smallest absolute Gasteiger partial charge is 0.123 e. The van der Waals surface area contributed by atoms with Crippen molar-refractivity contribution in [2.75, 3.05) is 11.6 Å². The molecular weight excluding hydrogens is 282 g/mol. The van der Waals surface area contributed by atoms with Gasteiger partial charge in [0, 0.05) is 33.5 Å². The van der Waals surface area contributed by atoms with Crippen LogP contribution in [-0.2, 0) is 23.1 Å². The molecule has 0 bridgehead atoms. The summed E-state index contributed by atoms with van der Waals surface area (Å²) in [6.07, 6.45) is 1.67. The van der Waals surface area contributed by atoms with Crippen molar-refractivity contribution >= 4 is 28.1 Å². The van der Waals surface area contributed by atoms with Gasteiger partial charge >= 0.3 is 0 Å². The minimum absolute atomic E-state index is 0.466. The first-order chi connectivity index (χ1) is 9.04. The highest BCUT2D eigenvalue weighted by molar-refractivity contribution is 7.83. The zero-order chi connectivity index (χ0) is 13.8. The zero-order valence-electron chi connectivity index (χ0n) is 10.9. The number of hydrogen-bond acceptors (Lipinski definition) is 3. The van der Waals surface area contributed by atoms with Gasteiger partial charge in [-0.3, -0.25) is 4.21 Å². The van der Waals surface area contributed by atoms with E-state index in [0.717, 1.165) is 22.8 Å². The Hall–Kier alpha value is -1.26. The number of aryl methyl sites for hydroxylation is 1. The van der Waals surface area contributed by atoms with Crippen molar-refractivity contribution in [3.05, 3.63) is 52.4 Å². The van der Waals surface area contributed by atoms with E-state index in [1.54, 1.807) is 6.26 Å². The van der Waals surface area contributed by atoms with Crippen molar-refractivity contribution in [2.24, 2.45) is 0 Å². The quantitative estimate of drug-likeness (QED) is 0.914. The predicted molar refractivity (Wildman–Crippen MR) is 80.0 cm³/mol. The highest BCUT2D eigenvalue weighted by Gasteiger charge is 2.05. The first kappa shape index (κ1) is 14.2. The zero-order valence-corrected chi connectivity index (χ0v) is 12.5. The van der Waals surface area contributed by atoms with Crippen molar-refractivity contribution in [1.82, 2.24) is 0 Å². The number of halogens is 1. The molecule has 0 aliphatic heterocycles. The fraction of sp³-hybridized carbons (Fsp3) is 0.286. The summed E-state index contributed by atoms with van der Waals surface area (Å²) in [6.45, 7) is 2.53. The lowest BCUT2D eigenvalue weighted by molar-refractivity contribution is 0.490. The molecule has 2 aromatic rings. The van der Waals surface area contributed by atoms with Crippen molar-refractivity contribution in [3.8, 4) is 0 Å². The number of benzene rings is 1. The minimum atomic E-state index is -0.902. The highest BCUT2D eigenvalue weighted by atomic mass is 35.5. The molecule has 0 radical (unpaired) electrons. The molecule has 3 nitrogen and oxygen atoms in total. The molecule has 102 valence electrons. The maximum atomic E-state index is 11.3. The van der Waals surface area contributed by atoms with Crippen LogP contribution in [0.4, 0.5) is 5.69 Å². The fourth-order valence-electron chi connectivity index (χ4n) is 1.78. The molecule has 0 aliphatic carbocycles. The number of furan rings is 1. The first-order valence-corrected chi connectivity index (χ1v) is 8.03. The highest BCUT2D eigenvalue weighted by Crippen LogP contribution is 2.22. The van der Waals surface area contributed by atoms with Gasteiger partial charge in [-0.05, 0) is 42.8 Å². The molecular formula is C14H16ClNO2S. The van der Waals surface area contributed by atoms with Gasteiger partial charge < -0.3 is 9.73 Å². The van der Waals surface area contributed by atoms with Gasteiger partial charge in [0.1, 0.15) is 11.5 Å². The van der Waals surface area contributed by atoms with Gasteiger partial charge in [0.2, 0.25) is 0 Å². The van der Waals surface area contributed by atoms with E-state index in [-0.39, 0.29) is 0 Å². The Morgan fingerprint density at radius 1 is 1.32 bits per heavy atom. The van der Waals surface area contributed by atoms with Gasteiger partial charge in [-0.25, -0.2) is 0 Å². The summed E-state index contributed by atoms with van der Waals surface area (Å²) < 4.78 is 16.8. The van der Waals surface area contributed by atoms with Gasteiger partial charge in [-0.1, -0.05) is 11.6 Å². The fourth-order valence-corrected chi connectivity index (χ4v) is 2.72. The number of rotatable bonds is 5. The van der Waals surface area contributed by atoms with E-state index in [1.165, 1.54) is 0 Å². The Morgan fingerprint density at radius 2 is 2.11 bits per heavy atom. The largest absolute Gasteiger partial charge is 0.465 e. The maximum Gasteiger partial charge on any atom is 0.123 e. The third-order valence-corrected chi connectivity index (χ3v) is 3.75. The third kappa shape index (κ3) is 4.11. The van der Waals surface area contributed by atoms with Gasteiger partial charge in [-0.2, -0.15) is 0 Å². The number of anilines is 1. The average Bonchev–Trinajstić information content (AvgIpc) is 2.75. The van der Waals surface area contributed by atoms with Crippen LogP contribution in [-0.4, -0.2) is 10.5 Å². The molecule has 5 heteroatoms. The van der Waals surface area contributed by atoms with E-state index in [1.807, 2.05) is 37.3 Å². The molecule has 2 rings (SSSR count). The van der Waals surface area contributed by atoms with E-state index in [2.05, 4.69) is 5.32 Å². The van der Waals surface area contributed by atoms with Crippen LogP contribution in [0.5, 0.6) is 0 Å². The van der Waals surface area contributed by atoms with Crippen LogP contribution in [0, 0.1) is 6.92 Å². The Labute approximate surface area is 120 Å². The lowest BCUT2D eigenvalue weighted by Gasteiger charge is -2.08. The summed E-state index contributed by atoms with van der Waals surface area (Å²) in [4.78, 5) is 0. The minimum Gasteiger partial charge on any atom is -0.465 e. The van der Waals surface area contributed by atoms with E-state index in [0.29, 0.717) is 17.3 Å². The second kappa shape index (κ2) is 6.26. The molecule has 1 aromatic heterocycles. The van der Waals surface area contributed by atoms with Crippen LogP contribution in [0.2, 0.25) is 5.02 Å². The molecule has 1 aromatic carbocycles. The molecule has 1 unspecified atom stereocenters. The van der Waals surface area contributed by atoms with E-state index >= 15 is 0 Å². The molecule has 1 atom stereocenters. The predicted octanol–water partition coefficient (Wildman–Crippen LogP) is 3.73. The molecule has 0 saturated carbocycles. The third-order valence-electron chi connectivity index (χ3n) is 2.67. The summed E-state index contributed by atoms with van der Waals surface area (Å²) in [7, 11) is -0.902. The Bertz CT molecular complexity index is 595. The second-order valence-corrected chi connectivity index (χ2v) is 6.23. The molecule has 1 N–H and O–H groups in total. The number of hydrogen-bond donors (Lipinski definition) is 1. The first-order valence-electron chi connectivity index (χ1n) is 5.92. The van der Waals surface area contributed by atoms with Crippen LogP contribution in [0.1, 0.15) is 17.1 Å². The molecule has 19 heavy (non-hydrogen) atoms. The topological polar surface area (TPSA) is 42.2 Å². The molecule has 0 amide bonds. The lowest BCUT2D eigenvalue weighted by atomic mass is 10.2. The summed E-state index contributed by atoms with van der Waals surface area (Å²) in [5.74, 6) is 2.25. The SMILES string of the molecule is Cc1ccc(CNc2ccc(Cl)c(CS(C)=O)c2)o1. The summed E-state index contributed by atoms with van der Waals surface area (Å²) in [6, 6.07) is 9.53. The summed E-state index contributed by atoms with van der Waals surface area (Å²) in [5, 5.41) is 3.91. The monoisotopic (exact) mass is 297 g/mol. The standard InChI is InChI=1S/C14H16ClNO2S/c1-10-3-5-13(18-10)8-16-12-4-6-14(15)11(7-12)9-19(2)17/h3-7,16H,8-9H2,1-2H3. The van der Waals surface area contributed by atoms with Crippen LogP contribution in [0.15, 0.2) is 34.7 Å². The van der Waals surface area contributed by atoms with Crippen molar-refractivity contribution in [3.63, 3.8) is 0 Å². The summed E-state index contributed by atoms with van der Waals surface area (Å²) >= 11 is 6.08. The van der Waals surface area contributed by atoms with Crippen LogP contribution < -0.4 is 5.32 Å². The average molecular weight is 298 g/mol. The van der Waals surface area contributed by atoms with E-state index in [4.69, 9.17) is 16.0 Å². The molecule has 0 spiro atoms. The molecule has 0 fully saturated rings. The van der Waals surface area contributed by atoms with Crippen molar-refractivity contribution < 1.29 is 8.63 Å². The van der Waals surface area contributed by atoms with Crippen LogP contribution in [0.25, 0.3) is 0 Å². The van der Waals surface area contributed by atoms with Crippen molar-refractivity contribution in [2.45, 2.75) is 19.2 Å². The van der Waals surface area contributed by atoms with Crippen LogP contribution >= 0.6 is 11.6 Å². The lowest BCUT2D eigenvalue weighted by Crippen LogP contribution is -2.00. The summed E-state index contributed by atoms with van der Waals surface area (Å²) in [5.41, 5.74) is 1.84. The van der Waals surface area contributed by atoms with Crippen LogP contribution in [0.3, 0.4) is 0 Å². The van der Waals surface area contributed by atoms with Gasteiger partial charge in [0.15, 0.2) is 0 Å². The van der Waals surface area contributed by atoms with E-state index < -0.39 is 10.8 Å². The van der Waals surface area contributed by atoms with E-state index in [9.17, 15) is 4.21 Å². The Balaban J connectivity index is 2.06. The molecule has 0 aliphatic rings. The maximum absolute atomic E-state index is 11.3. The Morgan fingerprint density at radius 3 is 2.74 bits per heavy atom. The van der Waals surface area contributed by atoms with Gasteiger partial charge in [0.05, 0.1) is 6.54 Å². The Kier molecular flexibility index (Phi) is 4.66. The molecule has 0 saturated heterocycles. The van der Waals surface area contributed by atoms with Gasteiger partial charge in [0.25, 0.3) is 0 Å².